The van der Waals surface area contributed by atoms with Gasteiger partial charge in [-0.15, -0.1) is 22.7 Å². The van der Waals surface area contributed by atoms with Crippen LogP contribution in [0.1, 0.15) is 16.7 Å². The second-order valence-electron chi connectivity index (χ2n) is 10.6. The number of hydrogen-bond donors (Lipinski definition) is 0. The van der Waals surface area contributed by atoms with Crippen LogP contribution in [0.5, 0.6) is 0 Å². The van der Waals surface area contributed by atoms with E-state index >= 15 is 0 Å². The summed E-state index contributed by atoms with van der Waals surface area (Å²) >= 11 is 3.82. The summed E-state index contributed by atoms with van der Waals surface area (Å²) in [5.41, 5.74) is 9.24. The van der Waals surface area contributed by atoms with E-state index in [4.69, 9.17) is 0 Å². The quantitative estimate of drug-likeness (QED) is 0.206. The molecule has 0 aliphatic heterocycles. The molecule has 6 aromatic carbocycles. The predicted molar refractivity (Wildman–Crippen MR) is 177 cm³/mol. The first-order valence-corrected chi connectivity index (χ1v) is 15.4. The smallest absolute Gasteiger partial charge is 0.0436 e. The van der Waals surface area contributed by atoms with Crippen molar-refractivity contribution in [3.05, 3.63) is 144 Å². The van der Waals surface area contributed by atoms with E-state index in [-0.39, 0.29) is 0 Å². The van der Waals surface area contributed by atoms with Gasteiger partial charge in [0.1, 0.15) is 0 Å². The molecule has 0 amide bonds. The lowest BCUT2D eigenvalue weighted by atomic mass is 9.93. The van der Waals surface area contributed by atoms with Gasteiger partial charge in [-0.05, 0) is 58.9 Å². The van der Waals surface area contributed by atoms with Gasteiger partial charge in [-0.2, -0.15) is 0 Å². The first kappa shape index (κ1) is 23.6. The third kappa shape index (κ3) is 3.87. The van der Waals surface area contributed by atoms with Gasteiger partial charge in [0, 0.05) is 40.3 Å². The molecule has 0 unspecified atom stereocenters. The minimum absolute atomic E-state index is 0.904. The van der Waals surface area contributed by atoms with Crippen molar-refractivity contribution < 1.29 is 0 Å². The molecule has 190 valence electrons. The van der Waals surface area contributed by atoms with E-state index in [0.29, 0.717) is 0 Å². The lowest BCUT2D eigenvalue weighted by molar-refractivity contribution is 1.22. The van der Waals surface area contributed by atoms with Crippen LogP contribution in [0.3, 0.4) is 0 Å². The van der Waals surface area contributed by atoms with Gasteiger partial charge in [0.25, 0.3) is 0 Å². The second kappa shape index (κ2) is 9.45. The summed E-state index contributed by atoms with van der Waals surface area (Å²) in [5.74, 6) is 0. The molecule has 40 heavy (non-hydrogen) atoms. The van der Waals surface area contributed by atoms with Gasteiger partial charge in [0.15, 0.2) is 0 Å². The molecule has 0 aliphatic rings. The Labute approximate surface area is 241 Å². The number of hydrogen-bond acceptors (Lipinski definition) is 2. The van der Waals surface area contributed by atoms with Crippen LogP contribution in [0, 0.1) is 6.92 Å². The molecule has 2 heterocycles. The number of thiophene rings is 2. The second-order valence-corrected chi connectivity index (χ2v) is 12.7. The van der Waals surface area contributed by atoms with Crippen LogP contribution >= 0.6 is 22.7 Å². The molecule has 8 aromatic rings. The number of fused-ring (bicyclic) bond motifs is 6. The van der Waals surface area contributed by atoms with Crippen molar-refractivity contribution in [2.24, 2.45) is 0 Å². The Morgan fingerprint density at radius 2 is 1.18 bits per heavy atom. The van der Waals surface area contributed by atoms with Crippen molar-refractivity contribution in [2.45, 2.75) is 13.3 Å². The lowest BCUT2D eigenvalue weighted by Crippen LogP contribution is -1.91. The van der Waals surface area contributed by atoms with Gasteiger partial charge in [-0.1, -0.05) is 121 Å². The first-order chi connectivity index (χ1) is 19.7. The molecule has 0 saturated carbocycles. The zero-order valence-electron chi connectivity index (χ0n) is 22.1. The Hall–Kier alpha value is -4.24. The Bertz CT molecular complexity index is 2190. The number of aryl methyl sites for hydroxylation is 1. The van der Waals surface area contributed by atoms with E-state index in [9.17, 15) is 0 Å². The van der Waals surface area contributed by atoms with Crippen LogP contribution in [0.25, 0.3) is 62.6 Å². The summed E-state index contributed by atoms with van der Waals surface area (Å²) in [6.45, 7) is 2.15. The normalized spacial score (nSPS) is 11.7. The first-order valence-electron chi connectivity index (χ1n) is 13.7. The maximum absolute atomic E-state index is 2.40. The fraction of sp³-hybridized carbons (Fsp3) is 0.0526. The van der Waals surface area contributed by atoms with E-state index in [0.717, 1.165) is 6.42 Å². The molecule has 0 N–H and O–H groups in total. The van der Waals surface area contributed by atoms with Crippen LogP contribution < -0.4 is 0 Å². The highest BCUT2D eigenvalue weighted by Crippen LogP contribution is 2.43. The SMILES string of the molecule is Cc1ccc(-c2ccc(Cc3cccc(-c4cccc5c4sc4ccccc45)c3)c3c2sc2ccccc23)cc1. The Kier molecular flexibility index (Phi) is 5.58. The van der Waals surface area contributed by atoms with Gasteiger partial charge in [0.2, 0.25) is 0 Å². The average molecular weight is 547 g/mol. The minimum atomic E-state index is 0.904. The van der Waals surface area contributed by atoms with Crippen LogP contribution in [-0.2, 0) is 6.42 Å². The summed E-state index contributed by atoms with van der Waals surface area (Å²) in [5, 5.41) is 5.45. The summed E-state index contributed by atoms with van der Waals surface area (Å²) in [6.07, 6.45) is 0.904. The molecule has 0 spiro atoms. The fourth-order valence-electron chi connectivity index (χ4n) is 6.05. The molecular weight excluding hydrogens is 521 g/mol. The topological polar surface area (TPSA) is 0 Å². The summed E-state index contributed by atoms with van der Waals surface area (Å²) in [7, 11) is 0. The summed E-state index contributed by atoms with van der Waals surface area (Å²) in [6, 6.07) is 47.1. The summed E-state index contributed by atoms with van der Waals surface area (Å²) < 4.78 is 5.45. The van der Waals surface area contributed by atoms with Crippen molar-refractivity contribution in [1.82, 2.24) is 0 Å². The number of rotatable bonds is 4. The fourth-order valence-corrected chi connectivity index (χ4v) is 8.57. The van der Waals surface area contributed by atoms with Crippen LogP contribution in [0.4, 0.5) is 0 Å². The molecule has 0 bridgehead atoms. The predicted octanol–water partition coefficient (Wildman–Crippen LogP) is 11.7. The maximum Gasteiger partial charge on any atom is 0.0436 e. The molecule has 0 fully saturated rings. The monoisotopic (exact) mass is 546 g/mol. The average Bonchev–Trinajstić information content (AvgIpc) is 3.57. The van der Waals surface area contributed by atoms with Crippen molar-refractivity contribution in [1.29, 1.82) is 0 Å². The molecule has 0 aliphatic carbocycles. The standard InChI is InChI=1S/C38H26S2/c1-24-16-18-26(19-17-24)30-21-20-28(36-33-11-3-5-15-35(33)40-38(30)36)23-25-8-6-9-27(22-25)29-12-7-13-32-31-10-2-4-14-34(31)39-37(29)32/h2-22H,23H2,1H3. The highest BCUT2D eigenvalue weighted by atomic mass is 32.1. The van der Waals surface area contributed by atoms with Crippen molar-refractivity contribution in [3.8, 4) is 22.3 Å². The molecule has 0 saturated heterocycles. The molecule has 2 aromatic heterocycles. The molecule has 0 nitrogen and oxygen atoms in total. The zero-order valence-corrected chi connectivity index (χ0v) is 23.8. The van der Waals surface area contributed by atoms with Crippen LogP contribution in [0.15, 0.2) is 127 Å². The molecule has 8 rings (SSSR count). The van der Waals surface area contributed by atoms with E-state index < -0.39 is 0 Å². The third-order valence-corrected chi connectivity index (χ3v) is 10.4. The van der Waals surface area contributed by atoms with Gasteiger partial charge in [0.05, 0.1) is 0 Å². The van der Waals surface area contributed by atoms with Crippen LogP contribution in [0.2, 0.25) is 0 Å². The highest BCUT2D eigenvalue weighted by Gasteiger charge is 2.16. The largest absolute Gasteiger partial charge is 0.135 e. The Morgan fingerprint density at radius 1 is 0.500 bits per heavy atom. The molecule has 0 radical (unpaired) electrons. The summed E-state index contributed by atoms with van der Waals surface area (Å²) in [4.78, 5) is 0. The van der Waals surface area contributed by atoms with Crippen molar-refractivity contribution in [3.63, 3.8) is 0 Å². The zero-order chi connectivity index (χ0) is 26.6. The molecular formula is C38H26S2. The van der Waals surface area contributed by atoms with E-state index in [2.05, 4.69) is 134 Å². The van der Waals surface area contributed by atoms with Crippen LogP contribution in [-0.4, -0.2) is 0 Å². The maximum atomic E-state index is 2.40. The van der Waals surface area contributed by atoms with Gasteiger partial charge < -0.3 is 0 Å². The van der Waals surface area contributed by atoms with Gasteiger partial charge in [-0.25, -0.2) is 0 Å². The van der Waals surface area contributed by atoms with E-state index in [1.165, 1.54) is 79.3 Å². The van der Waals surface area contributed by atoms with Gasteiger partial charge >= 0.3 is 0 Å². The van der Waals surface area contributed by atoms with E-state index in [1.54, 1.807) is 0 Å². The molecule has 2 heteroatoms. The molecule has 0 atom stereocenters. The lowest BCUT2D eigenvalue weighted by Gasteiger charge is -2.11. The Morgan fingerprint density at radius 3 is 2.02 bits per heavy atom. The minimum Gasteiger partial charge on any atom is -0.135 e. The third-order valence-electron chi connectivity index (χ3n) is 8.01. The Balaban J connectivity index is 1.26. The van der Waals surface area contributed by atoms with Crippen molar-refractivity contribution >= 4 is 63.0 Å². The van der Waals surface area contributed by atoms with Gasteiger partial charge in [-0.3, -0.25) is 0 Å². The van der Waals surface area contributed by atoms with E-state index in [1.807, 2.05) is 22.7 Å². The number of benzene rings is 6. The highest BCUT2D eigenvalue weighted by molar-refractivity contribution is 7.26. The van der Waals surface area contributed by atoms with Crippen molar-refractivity contribution in [2.75, 3.05) is 0 Å².